The van der Waals surface area contributed by atoms with E-state index >= 15 is 0 Å². The maximum Gasteiger partial charge on any atom is 0.356 e. The molecule has 5 heteroatoms. The van der Waals surface area contributed by atoms with Gasteiger partial charge in [0.25, 0.3) is 0 Å². The second-order valence-corrected chi connectivity index (χ2v) is 3.90. The van der Waals surface area contributed by atoms with E-state index in [0.29, 0.717) is 11.3 Å². The Balaban J connectivity index is 2.53. The molecule has 88 valence electrons. The maximum atomic E-state index is 13.2. The zero-order valence-electron chi connectivity index (χ0n) is 9.44. The van der Waals surface area contributed by atoms with Gasteiger partial charge in [0.1, 0.15) is 5.82 Å². The van der Waals surface area contributed by atoms with Gasteiger partial charge in [-0.15, -0.1) is 0 Å². The normalized spacial score (nSPS) is 10.5. The fraction of sp³-hybridized carbons (Fsp3) is 0.167. The van der Waals surface area contributed by atoms with Crippen LogP contribution in [-0.2, 0) is 0 Å². The third-order valence-electron chi connectivity index (χ3n) is 2.39. The zero-order valence-corrected chi connectivity index (χ0v) is 9.44. The number of carboxylic acids is 1. The van der Waals surface area contributed by atoms with E-state index < -0.39 is 5.97 Å². The van der Waals surface area contributed by atoms with Crippen molar-refractivity contribution in [3.05, 3.63) is 47.0 Å². The number of aromatic nitrogens is 2. The lowest BCUT2D eigenvalue weighted by molar-refractivity contribution is 0.0689. The highest BCUT2D eigenvalue weighted by Gasteiger charge is 2.13. The van der Waals surface area contributed by atoms with Crippen molar-refractivity contribution in [3.8, 4) is 5.69 Å². The summed E-state index contributed by atoms with van der Waals surface area (Å²) in [5.41, 5.74) is 1.79. The van der Waals surface area contributed by atoms with E-state index in [1.165, 1.54) is 16.8 Å². The second-order valence-electron chi connectivity index (χ2n) is 3.90. The molecule has 0 amide bonds. The number of nitrogens with zero attached hydrogens (tertiary/aromatic N) is 2. The Bertz CT molecular complexity index is 570. The predicted molar refractivity (Wildman–Crippen MR) is 60.0 cm³/mol. The van der Waals surface area contributed by atoms with Crippen molar-refractivity contribution in [1.82, 2.24) is 9.78 Å². The molecule has 2 aromatic rings. The molecule has 0 unspecified atom stereocenters. The molecule has 0 aliphatic heterocycles. The van der Waals surface area contributed by atoms with Crippen molar-refractivity contribution in [2.75, 3.05) is 0 Å². The highest BCUT2D eigenvalue weighted by molar-refractivity contribution is 5.86. The number of carboxylic acid groups (broad SMARTS) is 1. The van der Waals surface area contributed by atoms with E-state index in [2.05, 4.69) is 5.10 Å². The quantitative estimate of drug-likeness (QED) is 0.867. The average molecular weight is 234 g/mol. The monoisotopic (exact) mass is 234 g/mol. The summed E-state index contributed by atoms with van der Waals surface area (Å²) in [7, 11) is 0. The third-order valence-corrected chi connectivity index (χ3v) is 2.39. The number of carbonyl (C=O) groups is 1. The van der Waals surface area contributed by atoms with Crippen molar-refractivity contribution in [2.24, 2.45) is 0 Å². The van der Waals surface area contributed by atoms with Crippen LogP contribution < -0.4 is 0 Å². The smallest absolute Gasteiger partial charge is 0.356 e. The molecule has 1 N–H and O–H groups in total. The van der Waals surface area contributed by atoms with Gasteiger partial charge in [0.05, 0.1) is 5.69 Å². The molecule has 0 bridgehead atoms. The standard InChI is InChI=1S/C12H11FN2O2/c1-7-3-9(13)5-10(4-7)15-6-8(2)11(14-15)12(16)17/h3-6H,1-2H3,(H,16,17). The molecular weight excluding hydrogens is 223 g/mol. The average Bonchev–Trinajstić information content (AvgIpc) is 2.59. The van der Waals surface area contributed by atoms with E-state index in [1.54, 1.807) is 26.1 Å². The molecule has 0 radical (unpaired) electrons. The molecular formula is C12H11FN2O2. The van der Waals surface area contributed by atoms with E-state index in [1.807, 2.05) is 0 Å². The van der Waals surface area contributed by atoms with Crippen LogP contribution in [0.15, 0.2) is 24.4 Å². The molecule has 2 rings (SSSR count). The Morgan fingerprint density at radius 2 is 2.06 bits per heavy atom. The minimum Gasteiger partial charge on any atom is -0.476 e. The molecule has 4 nitrogen and oxygen atoms in total. The van der Waals surface area contributed by atoms with Gasteiger partial charge in [0.2, 0.25) is 0 Å². The summed E-state index contributed by atoms with van der Waals surface area (Å²) in [6.45, 7) is 3.42. The SMILES string of the molecule is Cc1cc(F)cc(-n2cc(C)c(C(=O)O)n2)c1. The van der Waals surface area contributed by atoms with Gasteiger partial charge in [-0.05, 0) is 37.6 Å². The molecule has 0 fully saturated rings. The third kappa shape index (κ3) is 2.18. The molecule has 0 aliphatic carbocycles. The summed E-state index contributed by atoms with van der Waals surface area (Å²) in [4.78, 5) is 10.9. The fourth-order valence-corrected chi connectivity index (χ4v) is 1.65. The topological polar surface area (TPSA) is 55.1 Å². The number of aromatic carboxylic acids is 1. The first-order valence-electron chi connectivity index (χ1n) is 5.04. The van der Waals surface area contributed by atoms with Crippen LogP contribution in [0.2, 0.25) is 0 Å². The molecule has 0 atom stereocenters. The Kier molecular flexibility index (Phi) is 2.67. The van der Waals surface area contributed by atoms with Crippen molar-refractivity contribution >= 4 is 5.97 Å². The van der Waals surface area contributed by atoms with Gasteiger partial charge in [-0.2, -0.15) is 5.10 Å². The maximum absolute atomic E-state index is 13.2. The number of halogens is 1. The first-order valence-corrected chi connectivity index (χ1v) is 5.04. The Morgan fingerprint density at radius 3 is 2.59 bits per heavy atom. The Hall–Kier alpha value is -2.17. The summed E-state index contributed by atoms with van der Waals surface area (Å²) in [6.07, 6.45) is 1.57. The van der Waals surface area contributed by atoms with Crippen LogP contribution in [-0.4, -0.2) is 20.9 Å². The lowest BCUT2D eigenvalue weighted by Gasteiger charge is -2.02. The van der Waals surface area contributed by atoms with Crippen molar-refractivity contribution < 1.29 is 14.3 Å². The summed E-state index contributed by atoms with van der Waals surface area (Å²) in [6, 6.07) is 4.45. The van der Waals surface area contributed by atoms with E-state index in [0.717, 1.165) is 5.56 Å². The van der Waals surface area contributed by atoms with Crippen LogP contribution in [0.4, 0.5) is 4.39 Å². The fourth-order valence-electron chi connectivity index (χ4n) is 1.65. The van der Waals surface area contributed by atoms with Crippen LogP contribution in [0.25, 0.3) is 5.69 Å². The summed E-state index contributed by atoms with van der Waals surface area (Å²) < 4.78 is 14.6. The molecule has 0 saturated heterocycles. The zero-order chi connectivity index (χ0) is 12.6. The number of rotatable bonds is 2. The molecule has 17 heavy (non-hydrogen) atoms. The summed E-state index contributed by atoms with van der Waals surface area (Å²) >= 11 is 0. The van der Waals surface area contributed by atoms with Gasteiger partial charge in [-0.25, -0.2) is 13.9 Å². The van der Waals surface area contributed by atoms with Gasteiger partial charge < -0.3 is 5.11 Å². The Morgan fingerprint density at radius 1 is 1.35 bits per heavy atom. The highest BCUT2D eigenvalue weighted by Crippen LogP contribution is 2.15. The van der Waals surface area contributed by atoms with Gasteiger partial charge in [0.15, 0.2) is 5.69 Å². The lowest BCUT2D eigenvalue weighted by Crippen LogP contribution is -2.02. The van der Waals surface area contributed by atoms with E-state index in [4.69, 9.17) is 5.11 Å². The molecule has 0 aliphatic rings. The molecule has 1 heterocycles. The molecule has 1 aromatic carbocycles. The van der Waals surface area contributed by atoms with Gasteiger partial charge >= 0.3 is 5.97 Å². The number of benzene rings is 1. The van der Waals surface area contributed by atoms with Crippen molar-refractivity contribution in [1.29, 1.82) is 0 Å². The Labute approximate surface area is 97.3 Å². The van der Waals surface area contributed by atoms with Crippen LogP contribution in [0.3, 0.4) is 0 Å². The first-order chi connectivity index (χ1) is 7.97. The van der Waals surface area contributed by atoms with Crippen molar-refractivity contribution in [2.45, 2.75) is 13.8 Å². The minimum atomic E-state index is -1.09. The highest BCUT2D eigenvalue weighted by atomic mass is 19.1. The van der Waals surface area contributed by atoms with E-state index in [9.17, 15) is 9.18 Å². The van der Waals surface area contributed by atoms with Gasteiger partial charge in [-0.3, -0.25) is 0 Å². The number of hydrogen-bond donors (Lipinski definition) is 1. The number of hydrogen-bond acceptors (Lipinski definition) is 2. The minimum absolute atomic E-state index is 0.0214. The summed E-state index contributed by atoms with van der Waals surface area (Å²) in [5, 5.41) is 12.8. The number of aryl methyl sites for hydroxylation is 2. The first kappa shape index (κ1) is 11.3. The second kappa shape index (κ2) is 4.01. The molecule has 1 aromatic heterocycles. The van der Waals surface area contributed by atoms with E-state index in [-0.39, 0.29) is 11.5 Å². The molecule has 0 saturated carbocycles. The predicted octanol–water partition coefficient (Wildman–Crippen LogP) is 2.33. The van der Waals surface area contributed by atoms with Crippen LogP contribution in [0.5, 0.6) is 0 Å². The largest absolute Gasteiger partial charge is 0.476 e. The van der Waals surface area contributed by atoms with Gasteiger partial charge in [-0.1, -0.05) is 0 Å². The lowest BCUT2D eigenvalue weighted by atomic mass is 10.2. The van der Waals surface area contributed by atoms with Gasteiger partial charge in [0, 0.05) is 11.8 Å². The van der Waals surface area contributed by atoms with Crippen LogP contribution >= 0.6 is 0 Å². The molecule has 0 spiro atoms. The van der Waals surface area contributed by atoms with Crippen molar-refractivity contribution in [3.63, 3.8) is 0 Å². The van der Waals surface area contributed by atoms with Crippen LogP contribution in [0, 0.1) is 19.7 Å². The van der Waals surface area contributed by atoms with Crippen LogP contribution in [0.1, 0.15) is 21.6 Å². The summed E-state index contributed by atoms with van der Waals surface area (Å²) in [5.74, 6) is -1.46.